The summed E-state index contributed by atoms with van der Waals surface area (Å²) in [5.41, 5.74) is -0.122. The molecular weight excluding hydrogens is 318 g/mol. The van der Waals surface area contributed by atoms with Gasteiger partial charge in [0.15, 0.2) is 0 Å². The lowest BCUT2D eigenvalue weighted by Crippen LogP contribution is -2.42. The van der Waals surface area contributed by atoms with Gasteiger partial charge in [-0.15, -0.1) is 0 Å². The Morgan fingerprint density at radius 1 is 1.09 bits per heavy atom. The van der Waals surface area contributed by atoms with Crippen molar-refractivity contribution in [3.63, 3.8) is 0 Å². The van der Waals surface area contributed by atoms with Gasteiger partial charge < -0.3 is 4.90 Å². The topological polar surface area (TPSA) is 83.8 Å². The molecular formula is C15H25N3O4S. The van der Waals surface area contributed by atoms with Gasteiger partial charge in [-0.3, -0.25) is 10.1 Å². The first kappa shape index (κ1) is 19.5. The van der Waals surface area contributed by atoms with E-state index in [2.05, 4.69) is 4.90 Å². The van der Waals surface area contributed by atoms with Crippen LogP contribution in [0.2, 0.25) is 0 Å². The van der Waals surface area contributed by atoms with E-state index in [1.54, 1.807) is 0 Å². The summed E-state index contributed by atoms with van der Waals surface area (Å²) >= 11 is 0. The van der Waals surface area contributed by atoms with E-state index >= 15 is 0 Å². The van der Waals surface area contributed by atoms with Crippen LogP contribution in [0.1, 0.15) is 27.7 Å². The third-order valence-electron chi connectivity index (χ3n) is 3.76. The number of hydrogen-bond acceptors (Lipinski definition) is 5. The molecule has 0 amide bonds. The fourth-order valence-electron chi connectivity index (χ4n) is 2.31. The minimum Gasteiger partial charge on any atom is -0.303 e. The van der Waals surface area contributed by atoms with E-state index in [1.807, 2.05) is 27.7 Å². The summed E-state index contributed by atoms with van der Waals surface area (Å²) in [6.45, 7) is 10.5. The van der Waals surface area contributed by atoms with Gasteiger partial charge in [-0.25, -0.2) is 8.42 Å². The second kappa shape index (κ2) is 8.37. The zero-order valence-electron chi connectivity index (χ0n) is 14.1. The van der Waals surface area contributed by atoms with Crippen LogP contribution in [0.4, 0.5) is 5.69 Å². The minimum atomic E-state index is -3.67. The highest BCUT2D eigenvalue weighted by Crippen LogP contribution is 2.21. The molecule has 1 aromatic rings. The molecule has 7 nitrogen and oxygen atoms in total. The zero-order chi connectivity index (χ0) is 17.6. The van der Waals surface area contributed by atoms with Crippen molar-refractivity contribution in [1.29, 1.82) is 0 Å². The van der Waals surface area contributed by atoms with Crippen molar-refractivity contribution in [2.75, 3.05) is 26.2 Å². The summed E-state index contributed by atoms with van der Waals surface area (Å²) in [7, 11) is -3.67. The highest BCUT2D eigenvalue weighted by Gasteiger charge is 2.27. The average Bonchev–Trinajstić information content (AvgIpc) is 2.51. The third kappa shape index (κ3) is 4.98. The number of rotatable bonds is 9. The summed E-state index contributed by atoms with van der Waals surface area (Å²) in [6.07, 6.45) is 0. The van der Waals surface area contributed by atoms with Crippen LogP contribution in [-0.2, 0) is 10.0 Å². The third-order valence-corrected chi connectivity index (χ3v) is 5.85. The van der Waals surface area contributed by atoms with E-state index in [0.717, 1.165) is 13.1 Å². The number of nitro benzene ring substituents is 1. The predicted molar refractivity (Wildman–Crippen MR) is 89.9 cm³/mol. The molecule has 0 fully saturated rings. The lowest BCUT2D eigenvalue weighted by atomic mass is 10.3. The van der Waals surface area contributed by atoms with E-state index in [9.17, 15) is 18.5 Å². The van der Waals surface area contributed by atoms with Crippen LogP contribution in [-0.4, -0.2) is 54.8 Å². The minimum absolute atomic E-state index is 0.0800. The monoisotopic (exact) mass is 343 g/mol. The molecule has 0 aliphatic heterocycles. The molecule has 0 spiro atoms. The molecule has 0 saturated carbocycles. The first-order valence-corrected chi connectivity index (χ1v) is 9.16. The van der Waals surface area contributed by atoms with Gasteiger partial charge in [-0.2, -0.15) is 4.31 Å². The van der Waals surface area contributed by atoms with Crippen LogP contribution in [0.3, 0.4) is 0 Å². The molecule has 23 heavy (non-hydrogen) atoms. The van der Waals surface area contributed by atoms with Crippen LogP contribution in [0.25, 0.3) is 0 Å². The second-order valence-electron chi connectivity index (χ2n) is 5.49. The summed E-state index contributed by atoms with van der Waals surface area (Å²) in [5.74, 6) is 0. The van der Waals surface area contributed by atoms with E-state index in [4.69, 9.17) is 0 Å². The first-order valence-electron chi connectivity index (χ1n) is 7.72. The SMILES string of the molecule is CCN(CC)CCN(C(C)C)S(=O)(=O)c1ccc([N+](=O)[O-])cc1. The van der Waals surface area contributed by atoms with Gasteiger partial charge in [0.05, 0.1) is 9.82 Å². The van der Waals surface area contributed by atoms with Crippen molar-refractivity contribution in [2.45, 2.75) is 38.6 Å². The lowest BCUT2D eigenvalue weighted by molar-refractivity contribution is -0.384. The molecule has 0 N–H and O–H groups in total. The van der Waals surface area contributed by atoms with Gasteiger partial charge in [0.2, 0.25) is 10.0 Å². The molecule has 0 bridgehead atoms. The number of hydrogen-bond donors (Lipinski definition) is 0. The number of sulfonamides is 1. The van der Waals surface area contributed by atoms with E-state index < -0.39 is 14.9 Å². The second-order valence-corrected chi connectivity index (χ2v) is 7.38. The van der Waals surface area contributed by atoms with Crippen molar-refractivity contribution in [3.05, 3.63) is 34.4 Å². The Morgan fingerprint density at radius 3 is 2.00 bits per heavy atom. The molecule has 0 radical (unpaired) electrons. The first-order chi connectivity index (χ1) is 10.7. The maximum atomic E-state index is 12.8. The molecule has 1 rings (SSSR count). The van der Waals surface area contributed by atoms with E-state index in [1.165, 1.54) is 28.6 Å². The number of non-ortho nitro benzene ring substituents is 1. The van der Waals surface area contributed by atoms with Gasteiger partial charge in [0, 0.05) is 31.3 Å². The van der Waals surface area contributed by atoms with E-state index in [0.29, 0.717) is 13.1 Å². The molecule has 0 atom stereocenters. The van der Waals surface area contributed by atoms with Gasteiger partial charge in [0.25, 0.3) is 5.69 Å². The zero-order valence-corrected chi connectivity index (χ0v) is 14.9. The number of benzene rings is 1. The average molecular weight is 343 g/mol. The van der Waals surface area contributed by atoms with Crippen LogP contribution >= 0.6 is 0 Å². The van der Waals surface area contributed by atoms with Crippen molar-refractivity contribution >= 4 is 15.7 Å². The summed E-state index contributed by atoms with van der Waals surface area (Å²) in [6, 6.07) is 4.83. The molecule has 8 heteroatoms. The van der Waals surface area contributed by atoms with Crippen molar-refractivity contribution in [3.8, 4) is 0 Å². The normalized spacial score (nSPS) is 12.3. The van der Waals surface area contributed by atoms with Gasteiger partial charge in [-0.05, 0) is 39.1 Å². The molecule has 0 aromatic heterocycles. The Bertz CT molecular complexity index is 610. The fourth-order valence-corrected chi connectivity index (χ4v) is 3.94. The maximum Gasteiger partial charge on any atom is 0.269 e. The van der Waals surface area contributed by atoms with Crippen LogP contribution in [0.5, 0.6) is 0 Å². The smallest absolute Gasteiger partial charge is 0.269 e. The standard InChI is InChI=1S/C15H25N3O4S/c1-5-16(6-2)11-12-17(13(3)4)23(21,22)15-9-7-14(8-10-15)18(19)20/h7-10,13H,5-6,11-12H2,1-4H3. The van der Waals surface area contributed by atoms with Crippen LogP contribution < -0.4 is 0 Å². The summed E-state index contributed by atoms with van der Waals surface area (Å²) in [5, 5.41) is 10.7. The Balaban J connectivity index is 3.02. The van der Waals surface area contributed by atoms with Crippen molar-refractivity contribution in [1.82, 2.24) is 9.21 Å². The number of nitrogens with zero attached hydrogens (tertiary/aromatic N) is 3. The fraction of sp³-hybridized carbons (Fsp3) is 0.600. The molecule has 0 heterocycles. The van der Waals surface area contributed by atoms with Gasteiger partial charge in [-0.1, -0.05) is 13.8 Å². The largest absolute Gasteiger partial charge is 0.303 e. The van der Waals surface area contributed by atoms with Crippen molar-refractivity contribution < 1.29 is 13.3 Å². The molecule has 1 aromatic carbocycles. The quantitative estimate of drug-likeness (QED) is 0.507. The maximum absolute atomic E-state index is 12.8. The van der Waals surface area contributed by atoms with Crippen molar-refractivity contribution in [2.24, 2.45) is 0 Å². The van der Waals surface area contributed by atoms with Crippen LogP contribution in [0, 0.1) is 10.1 Å². The summed E-state index contributed by atoms with van der Waals surface area (Å²) < 4.78 is 27.0. The molecule has 130 valence electrons. The van der Waals surface area contributed by atoms with Gasteiger partial charge in [0.1, 0.15) is 0 Å². The van der Waals surface area contributed by atoms with Gasteiger partial charge >= 0.3 is 0 Å². The Labute approximate surface area is 138 Å². The molecule has 0 unspecified atom stereocenters. The summed E-state index contributed by atoms with van der Waals surface area (Å²) in [4.78, 5) is 12.4. The van der Waals surface area contributed by atoms with Crippen LogP contribution in [0.15, 0.2) is 29.2 Å². The Morgan fingerprint density at radius 2 is 1.61 bits per heavy atom. The van der Waals surface area contributed by atoms with E-state index in [-0.39, 0.29) is 16.6 Å². The molecule has 0 aliphatic rings. The highest BCUT2D eigenvalue weighted by atomic mass is 32.2. The molecule has 0 aliphatic carbocycles. The highest BCUT2D eigenvalue weighted by molar-refractivity contribution is 7.89. The Kier molecular flexibility index (Phi) is 7.11. The predicted octanol–water partition coefficient (Wildman–Crippen LogP) is 2.34. The lowest BCUT2D eigenvalue weighted by Gasteiger charge is -2.28. The Hall–Kier alpha value is -1.51. The number of nitro groups is 1. The number of likely N-dealkylation sites (N-methyl/N-ethyl adjacent to an activating group) is 1. The molecule has 0 saturated heterocycles.